The Balaban J connectivity index is 1.92. The molecule has 0 bridgehead atoms. The Morgan fingerprint density at radius 2 is 2.10 bits per heavy atom. The minimum Gasteiger partial charge on any atom is -0.315 e. The molecule has 1 aromatic heterocycles. The zero-order chi connectivity index (χ0) is 14.0. The lowest BCUT2D eigenvalue weighted by Crippen LogP contribution is -2.41. The number of nitrogens with zero attached hydrogens (tertiary/aromatic N) is 1. The molecule has 0 saturated carbocycles. The van der Waals surface area contributed by atoms with Crippen LogP contribution in [-0.4, -0.2) is 31.7 Å². The molecule has 6 heteroatoms. The summed E-state index contributed by atoms with van der Waals surface area (Å²) in [6.45, 7) is 1.40. The molecule has 2 aromatic rings. The van der Waals surface area contributed by atoms with E-state index < -0.39 is 10.0 Å². The number of aromatic nitrogens is 1. The van der Waals surface area contributed by atoms with Crippen LogP contribution in [0.2, 0.25) is 0 Å². The highest BCUT2D eigenvalue weighted by atomic mass is 32.2. The van der Waals surface area contributed by atoms with Crippen LogP contribution in [0.1, 0.15) is 12.8 Å². The minimum absolute atomic E-state index is 0.379. The second-order valence-corrected chi connectivity index (χ2v) is 6.96. The molecule has 3 rings (SSSR count). The second-order valence-electron chi connectivity index (χ2n) is 5.00. The Hall–Kier alpha value is -1.66. The first-order valence-electron chi connectivity index (χ1n) is 6.73. The van der Waals surface area contributed by atoms with Gasteiger partial charge in [0, 0.05) is 18.1 Å². The molecule has 1 aliphatic heterocycles. The maximum atomic E-state index is 12.4. The van der Waals surface area contributed by atoms with E-state index in [1.807, 2.05) is 24.3 Å². The molecular weight excluding hydrogens is 274 g/mol. The number of pyridine rings is 1. The van der Waals surface area contributed by atoms with Crippen LogP contribution in [0.15, 0.2) is 36.5 Å². The molecule has 106 valence electrons. The van der Waals surface area contributed by atoms with Crippen molar-refractivity contribution < 1.29 is 8.42 Å². The predicted molar refractivity (Wildman–Crippen MR) is 80.2 cm³/mol. The summed E-state index contributed by atoms with van der Waals surface area (Å²) >= 11 is 0. The average Bonchev–Trinajstić information content (AvgIpc) is 2.48. The summed E-state index contributed by atoms with van der Waals surface area (Å²) in [6, 6.07) is 9.26. The molecule has 5 nitrogen and oxygen atoms in total. The van der Waals surface area contributed by atoms with Crippen LogP contribution in [-0.2, 0) is 10.0 Å². The van der Waals surface area contributed by atoms with Crippen LogP contribution >= 0.6 is 0 Å². The molecule has 20 heavy (non-hydrogen) atoms. The molecule has 0 aliphatic carbocycles. The van der Waals surface area contributed by atoms with E-state index in [2.05, 4.69) is 15.0 Å². The van der Waals surface area contributed by atoms with Gasteiger partial charge in [-0.05, 0) is 31.5 Å². The molecule has 2 heterocycles. The fraction of sp³-hybridized carbons (Fsp3) is 0.357. The van der Waals surface area contributed by atoms with Crippen LogP contribution in [0, 0.1) is 0 Å². The van der Waals surface area contributed by atoms with Gasteiger partial charge in [-0.2, -0.15) is 0 Å². The number of fused-ring (bicyclic) bond motifs is 1. The van der Waals surface area contributed by atoms with Gasteiger partial charge in [-0.25, -0.2) is 8.42 Å². The van der Waals surface area contributed by atoms with E-state index in [0.717, 1.165) is 18.4 Å². The number of rotatable bonds is 3. The zero-order valence-electron chi connectivity index (χ0n) is 11.0. The number of piperidine rings is 1. The average molecular weight is 291 g/mol. The number of nitrogens with one attached hydrogen (secondary N) is 2. The van der Waals surface area contributed by atoms with Gasteiger partial charge in [0.05, 0.1) is 16.5 Å². The highest BCUT2D eigenvalue weighted by Crippen LogP contribution is 2.23. The van der Waals surface area contributed by atoms with Crippen LogP contribution in [0.25, 0.3) is 10.9 Å². The fourth-order valence-electron chi connectivity index (χ4n) is 2.51. The minimum atomic E-state index is -3.38. The number of hydrogen-bond donors (Lipinski definition) is 2. The van der Waals surface area contributed by atoms with Crippen molar-refractivity contribution in [2.24, 2.45) is 0 Å². The number of anilines is 1. The first-order chi connectivity index (χ1) is 9.67. The lowest BCUT2D eigenvalue weighted by atomic mass is 10.2. The number of sulfonamides is 1. The summed E-state index contributed by atoms with van der Waals surface area (Å²) in [5, 5.41) is 3.68. The number of para-hydroxylation sites is 1. The van der Waals surface area contributed by atoms with Crippen molar-refractivity contribution in [3.05, 3.63) is 36.5 Å². The lowest BCUT2D eigenvalue weighted by molar-refractivity contribution is 0.499. The van der Waals surface area contributed by atoms with Crippen molar-refractivity contribution in [1.29, 1.82) is 0 Å². The smallest absolute Gasteiger partial charge is 0.236 e. The van der Waals surface area contributed by atoms with E-state index in [-0.39, 0.29) is 5.25 Å². The molecule has 0 amide bonds. The molecule has 0 spiro atoms. The van der Waals surface area contributed by atoms with E-state index >= 15 is 0 Å². The fourth-order valence-corrected chi connectivity index (χ4v) is 3.96. The van der Waals surface area contributed by atoms with E-state index in [4.69, 9.17) is 0 Å². The summed E-state index contributed by atoms with van der Waals surface area (Å²) in [7, 11) is -3.38. The van der Waals surface area contributed by atoms with Crippen molar-refractivity contribution in [3.8, 4) is 0 Å². The van der Waals surface area contributed by atoms with Gasteiger partial charge in [-0.15, -0.1) is 0 Å². The van der Waals surface area contributed by atoms with Crippen LogP contribution in [0.5, 0.6) is 0 Å². The van der Waals surface area contributed by atoms with Crippen molar-refractivity contribution in [3.63, 3.8) is 0 Å². The molecule has 1 aromatic carbocycles. The van der Waals surface area contributed by atoms with E-state index in [1.165, 1.54) is 0 Å². The first-order valence-corrected chi connectivity index (χ1v) is 8.27. The Kier molecular flexibility index (Phi) is 3.58. The number of hydrogen-bond acceptors (Lipinski definition) is 4. The second kappa shape index (κ2) is 5.38. The van der Waals surface area contributed by atoms with Gasteiger partial charge in [0.15, 0.2) is 0 Å². The summed E-state index contributed by atoms with van der Waals surface area (Å²) in [6.07, 6.45) is 3.25. The summed E-state index contributed by atoms with van der Waals surface area (Å²) in [5.74, 6) is 0. The van der Waals surface area contributed by atoms with E-state index in [9.17, 15) is 8.42 Å². The van der Waals surface area contributed by atoms with Crippen molar-refractivity contribution in [1.82, 2.24) is 10.3 Å². The highest BCUT2D eigenvalue weighted by molar-refractivity contribution is 7.93. The molecule has 1 saturated heterocycles. The Morgan fingerprint density at radius 3 is 2.90 bits per heavy atom. The maximum Gasteiger partial charge on any atom is 0.236 e. The van der Waals surface area contributed by atoms with Crippen LogP contribution in [0.4, 0.5) is 5.69 Å². The van der Waals surface area contributed by atoms with Crippen molar-refractivity contribution >= 4 is 26.6 Å². The van der Waals surface area contributed by atoms with Crippen molar-refractivity contribution in [2.45, 2.75) is 18.1 Å². The molecule has 1 atom stereocenters. The van der Waals surface area contributed by atoms with Crippen LogP contribution in [0.3, 0.4) is 0 Å². The lowest BCUT2D eigenvalue weighted by Gasteiger charge is -2.23. The third-order valence-corrected chi connectivity index (χ3v) is 5.36. The summed E-state index contributed by atoms with van der Waals surface area (Å²) in [4.78, 5) is 4.27. The van der Waals surface area contributed by atoms with Gasteiger partial charge in [-0.3, -0.25) is 9.71 Å². The maximum absolute atomic E-state index is 12.4. The molecule has 1 unspecified atom stereocenters. The molecular formula is C14H17N3O2S. The van der Waals surface area contributed by atoms with Gasteiger partial charge >= 0.3 is 0 Å². The monoisotopic (exact) mass is 291 g/mol. The highest BCUT2D eigenvalue weighted by Gasteiger charge is 2.27. The SMILES string of the molecule is O=S(=O)(Nc1cccc2cccnc12)C1CCCNC1. The molecule has 0 radical (unpaired) electrons. The molecule has 2 N–H and O–H groups in total. The third-order valence-electron chi connectivity index (χ3n) is 3.58. The van der Waals surface area contributed by atoms with Crippen LogP contribution < -0.4 is 10.0 Å². The van der Waals surface area contributed by atoms with Gasteiger partial charge in [-0.1, -0.05) is 18.2 Å². The zero-order valence-corrected chi connectivity index (χ0v) is 11.9. The quantitative estimate of drug-likeness (QED) is 0.903. The van der Waals surface area contributed by atoms with Crippen molar-refractivity contribution in [2.75, 3.05) is 17.8 Å². The van der Waals surface area contributed by atoms with E-state index in [1.54, 1.807) is 12.3 Å². The predicted octanol–water partition coefficient (Wildman–Crippen LogP) is 1.73. The molecule has 1 aliphatic rings. The largest absolute Gasteiger partial charge is 0.315 e. The van der Waals surface area contributed by atoms with Gasteiger partial charge in [0.1, 0.15) is 0 Å². The third kappa shape index (κ3) is 2.62. The Bertz CT molecular complexity index is 704. The summed E-state index contributed by atoms with van der Waals surface area (Å²) < 4.78 is 27.5. The Morgan fingerprint density at radius 1 is 1.25 bits per heavy atom. The Labute approximate surface area is 118 Å². The van der Waals surface area contributed by atoms with Gasteiger partial charge in [0.25, 0.3) is 0 Å². The normalized spacial score (nSPS) is 19.9. The van der Waals surface area contributed by atoms with Gasteiger partial charge < -0.3 is 5.32 Å². The van der Waals surface area contributed by atoms with Gasteiger partial charge in [0.2, 0.25) is 10.0 Å². The molecule has 1 fully saturated rings. The standard InChI is InChI=1S/C14H17N3O2S/c18-20(19,12-6-3-8-15-10-12)17-13-7-1-4-11-5-2-9-16-14(11)13/h1-2,4-5,7,9,12,15,17H,3,6,8,10H2. The summed E-state index contributed by atoms with van der Waals surface area (Å²) in [5.41, 5.74) is 1.23. The first kappa shape index (κ1) is 13.3. The van der Waals surface area contributed by atoms with E-state index in [0.29, 0.717) is 24.2 Å². The number of benzene rings is 1. The topological polar surface area (TPSA) is 71.1 Å².